The predicted octanol–water partition coefficient (Wildman–Crippen LogP) is 1.53. The lowest BCUT2D eigenvalue weighted by Crippen LogP contribution is -2.46. The van der Waals surface area contributed by atoms with Gasteiger partial charge in [-0.1, -0.05) is 41.5 Å². The molecule has 7 heteroatoms. The van der Waals surface area contributed by atoms with Crippen molar-refractivity contribution in [3.8, 4) is 0 Å². The van der Waals surface area contributed by atoms with Crippen LogP contribution >= 0.6 is 0 Å². The Morgan fingerprint density at radius 2 is 1.38 bits per heavy atom. The summed E-state index contributed by atoms with van der Waals surface area (Å²) in [6.07, 6.45) is 0.442. The molecule has 24 heavy (non-hydrogen) atoms. The Balaban J connectivity index is 4.37. The molecule has 2 amide bonds. The van der Waals surface area contributed by atoms with Gasteiger partial charge in [0.05, 0.1) is 13.2 Å². The first-order valence-electron chi connectivity index (χ1n) is 8.41. The van der Waals surface area contributed by atoms with Crippen molar-refractivity contribution in [3.63, 3.8) is 0 Å². The molecule has 0 saturated carbocycles. The molecule has 0 aromatic rings. The van der Waals surface area contributed by atoms with Gasteiger partial charge in [-0.3, -0.25) is 19.6 Å². The van der Waals surface area contributed by atoms with Gasteiger partial charge in [0.2, 0.25) is 11.8 Å². The second-order valence-electron chi connectivity index (χ2n) is 8.59. The third kappa shape index (κ3) is 9.85. The predicted molar refractivity (Wildman–Crippen MR) is 95.3 cm³/mol. The summed E-state index contributed by atoms with van der Waals surface area (Å²) in [4.78, 5) is 23.2. The highest BCUT2D eigenvalue weighted by Crippen LogP contribution is 2.21. The Labute approximate surface area is 146 Å². The van der Waals surface area contributed by atoms with E-state index >= 15 is 0 Å². The summed E-state index contributed by atoms with van der Waals surface area (Å²) >= 11 is 0. The summed E-state index contributed by atoms with van der Waals surface area (Å²) < 4.78 is 5.82. The Bertz CT molecular complexity index is 422. The van der Waals surface area contributed by atoms with Crippen LogP contribution < -0.4 is 11.7 Å². The van der Waals surface area contributed by atoms with Gasteiger partial charge in [-0.15, -0.1) is 0 Å². The molecule has 7 nitrogen and oxygen atoms in total. The van der Waals surface area contributed by atoms with Crippen LogP contribution in [0.1, 0.15) is 54.9 Å². The summed E-state index contributed by atoms with van der Waals surface area (Å²) in [5.74, 6) is 11.6. The number of nitrogens with two attached hydrogens (primary N) is 2. The van der Waals surface area contributed by atoms with Crippen LogP contribution in [-0.2, 0) is 14.3 Å². The molecule has 142 valence electrons. The highest BCUT2D eigenvalue weighted by molar-refractivity contribution is 5.75. The van der Waals surface area contributed by atoms with Crippen LogP contribution in [0.4, 0.5) is 0 Å². The van der Waals surface area contributed by atoms with E-state index in [1.807, 2.05) is 41.5 Å². The normalized spacial score (nSPS) is 12.4. The van der Waals surface area contributed by atoms with Crippen LogP contribution in [0.15, 0.2) is 0 Å². The maximum absolute atomic E-state index is 12.0. The standard InChI is InChI=1S/C17H36N4O3/c1-13(2)8-15(23)21(19)10-17(6,7)12-24-11-16(4,5)9-20(18)14(3)22/h13H,8-12,18-19H2,1-7H3. The lowest BCUT2D eigenvalue weighted by Gasteiger charge is -2.33. The summed E-state index contributed by atoms with van der Waals surface area (Å²) in [5, 5.41) is 2.48. The molecule has 0 saturated heterocycles. The number of amides is 2. The maximum Gasteiger partial charge on any atom is 0.236 e. The van der Waals surface area contributed by atoms with E-state index in [4.69, 9.17) is 16.4 Å². The SMILES string of the molecule is CC(=O)N(N)CC(C)(C)COCC(C)(C)CN(N)C(=O)CC(C)C. The van der Waals surface area contributed by atoms with Gasteiger partial charge in [0.25, 0.3) is 0 Å². The number of nitrogens with zero attached hydrogens (tertiary/aromatic N) is 2. The third-order valence-corrected chi connectivity index (χ3v) is 3.49. The van der Waals surface area contributed by atoms with Crippen molar-refractivity contribution >= 4 is 11.8 Å². The molecular formula is C17H36N4O3. The van der Waals surface area contributed by atoms with Gasteiger partial charge in [-0.25, -0.2) is 11.7 Å². The van der Waals surface area contributed by atoms with Gasteiger partial charge in [0.15, 0.2) is 0 Å². The second-order valence-corrected chi connectivity index (χ2v) is 8.59. The van der Waals surface area contributed by atoms with E-state index in [9.17, 15) is 9.59 Å². The molecule has 0 unspecified atom stereocenters. The molecule has 0 aliphatic rings. The average molecular weight is 345 g/mol. The molecule has 0 bridgehead atoms. The van der Waals surface area contributed by atoms with Gasteiger partial charge in [0.1, 0.15) is 0 Å². The monoisotopic (exact) mass is 344 g/mol. The highest BCUT2D eigenvalue weighted by Gasteiger charge is 2.27. The first-order valence-corrected chi connectivity index (χ1v) is 8.41. The fourth-order valence-electron chi connectivity index (χ4n) is 2.28. The fourth-order valence-corrected chi connectivity index (χ4v) is 2.28. The van der Waals surface area contributed by atoms with Crippen LogP contribution in [0.5, 0.6) is 0 Å². The van der Waals surface area contributed by atoms with E-state index in [1.165, 1.54) is 16.9 Å². The summed E-state index contributed by atoms with van der Waals surface area (Å²) in [7, 11) is 0. The number of rotatable bonds is 10. The van der Waals surface area contributed by atoms with Crippen LogP contribution in [0.2, 0.25) is 0 Å². The van der Waals surface area contributed by atoms with E-state index in [2.05, 4.69) is 0 Å². The molecule has 0 spiro atoms. The molecule has 0 aromatic heterocycles. The first kappa shape index (κ1) is 22.8. The Morgan fingerprint density at radius 1 is 0.958 bits per heavy atom. The van der Waals surface area contributed by atoms with E-state index in [1.54, 1.807) is 0 Å². The van der Waals surface area contributed by atoms with Crippen molar-refractivity contribution in [3.05, 3.63) is 0 Å². The third-order valence-electron chi connectivity index (χ3n) is 3.49. The number of hydrazine groups is 2. The summed E-state index contributed by atoms with van der Waals surface area (Å²) in [6.45, 7) is 15.2. The zero-order chi connectivity index (χ0) is 19.1. The van der Waals surface area contributed by atoms with E-state index in [-0.39, 0.29) is 28.6 Å². The van der Waals surface area contributed by atoms with Crippen molar-refractivity contribution in [2.45, 2.75) is 54.9 Å². The largest absolute Gasteiger partial charge is 0.380 e. The zero-order valence-electron chi connectivity index (χ0n) is 16.4. The van der Waals surface area contributed by atoms with E-state index in [0.29, 0.717) is 32.7 Å². The van der Waals surface area contributed by atoms with Gasteiger partial charge in [0, 0.05) is 37.3 Å². The molecule has 0 fully saturated rings. The molecular weight excluding hydrogens is 308 g/mol. The topological polar surface area (TPSA) is 102 Å². The molecule has 0 radical (unpaired) electrons. The number of hydrogen-bond acceptors (Lipinski definition) is 5. The molecule has 4 N–H and O–H groups in total. The number of hydrogen-bond donors (Lipinski definition) is 2. The van der Waals surface area contributed by atoms with Gasteiger partial charge >= 0.3 is 0 Å². The molecule has 0 heterocycles. The average Bonchev–Trinajstić information content (AvgIpc) is 2.35. The fraction of sp³-hybridized carbons (Fsp3) is 0.882. The molecule has 0 atom stereocenters. The van der Waals surface area contributed by atoms with Crippen LogP contribution in [0.25, 0.3) is 0 Å². The minimum absolute atomic E-state index is 0.0568. The van der Waals surface area contributed by atoms with Crippen molar-refractivity contribution < 1.29 is 14.3 Å². The number of carbonyl (C=O) groups excluding carboxylic acids is 2. The minimum atomic E-state index is -0.263. The molecule has 0 aliphatic heterocycles. The van der Waals surface area contributed by atoms with Crippen LogP contribution in [0, 0.1) is 16.7 Å². The quantitative estimate of drug-likeness (QED) is 0.355. The summed E-state index contributed by atoms with van der Waals surface area (Å²) in [5.41, 5.74) is -0.521. The Hall–Kier alpha value is -1.18. The Morgan fingerprint density at radius 3 is 1.75 bits per heavy atom. The molecule has 0 aromatic carbocycles. The minimum Gasteiger partial charge on any atom is -0.380 e. The Kier molecular flexibility index (Phi) is 8.88. The number of ether oxygens (including phenoxy) is 1. The zero-order valence-corrected chi connectivity index (χ0v) is 16.4. The van der Waals surface area contributed by atoms with Crippen molar-refractivity contribution in [2.75, 3.05) is 26.3 Å². The van der Waals surface area contributed by atoms with Gasteiger partial charge < -0.3 is 4.74 Å². The van der Waals surface area contributed by atoms with Gasteiger partial charge in [-0.05, 0) is 5.92 Å². The summed E-state index contributed by atoms with van der Waals surface area (Å²) in [6, 6.07) is 0. The van der Waals surface area contributed by atoms with E-state index in [0.717, 1.165) is 0 Å². The molecule has 0 rings (SSSR count). The smallest absolute Gasteiger partial charge is 0.236 e. The van der Waals surface area contributed by atoms with Crippen LogP contribution in [-0.4, -0.2) is 48.1 Å². The van der Waals surface area contributed by atoms with Crippen molar-refractivity contribution in [1.82, 2.24) is 10.0 Å². The first-order chi connectivity index (χ1) is 10.8. The highest BCUT2D eigenvalue weighted by atomic mass is 16.5. The lowest BCUT2D eigenvalue weighted by molar-refractivity contribution is -0.134. The lowest BCUT2D eigenvalue weighted by atomic mass is 9.92. The van der Waals surface area contributed by atoms with E-state index < -0.39 is 0 Å². The van der Waals surface area contributed by atoms with Crippen molar-refractivity contribution in [1.29, 1.82) is 0 Å². The second kappa shape index (κ2) is 9.34. The molecule has 0 aliphatic carbocycles. The van der Waals surface area contributed by atoms with Gasteiger partial charge in [-0.2, -0.15) is 0 Å². The number of carbonyl (C=O) groups is 2. The van der Waals surface area contributed by atoms with Crippen molar-refractivity contribution in [2.24, 2.45) is 28.4 Å². The van der Waals surface area contributed by atoms with Crippen LogP contribution in [0.3, 0.4) is 0 Å². The maximum atomic E-state index is 12.0.